The Kier molecular flexibility index (Phi) is 5.93. The van der Waals surface area contributed by atoms with Crippen molar-refractivity contribution < 1.29 is 18.8 Å². The zero-order valence-electron chi connectivity index (χ0n) is 17.8. The molecule has 32 heavy (non-hydrogen) atoms. The number of carbonyl (C=O) groups excluding carboxylic acids is 3. The molecule has 0 saturated carbocycles. The third-order valence-corrected chi connectivity index (χ3v) is 5.59. The molecule has 2 aromatic carbocycles. The van der Waals surface area contributed by atoms with Crippen LogP contribution >= 0.6 is 0 Å². The van der Waals surface area contributed by atoms with Crippen molar-refractivity contribution in [3.05, 3.63) is 72.2 Å². The Morgan fingerprint density at radius 1 is 0.938 bits per heavy atom. The van der Waals surface area contributed by atoms with Gasteiger partial charge in [-0.1, -0.05) is 38.5 Å². The van der Waals surface area contributed by atoms with Gasteiger partial charge in [-0.2, -0.15) is 0 Å². The third kappa shape index (κ3) is 4.20. The molecule has 2 aromatic heterocycles. The number of amides is 3. The van der Waals surface area contributed by atoms with Crippen LogP contribution in [0.3, 0.4) is 0 Å². The Bertz CT molecular complexity index is 1280. The number of fused-ring (bicyclic) bond motifs is 3. The molecular formula is C24H24N4O4. The Morgan fingerprint density at radius 3 is 2.47 bits per heavy atom. The van der Waals surface area contributed by atoms with Gasteiger partial charge in [0.25, 0.3) is 11.8 Å². The minimum atomic E-state index is -0.830. The summed E-state index contributed by atoms with van der Waals surface area (Å²) in [5.74, 6) is -1.55. The molecule has 4 N–H and O–H groups in total. The topological polar surface area (TPSA) is 116 Å². The maximum absolute atomic E-state index is 13.0. The molecule has 0 spiro atoms. The molecule has 0 radical (unpaired) electrons. The van der Waals surface area contributed by atoms with Crippen LogP contribution in [-0.4, -0.2) is 28.7 Å². The van der Waals surface area contributed by atoms with Crippen molar-refractivity contribution in [2.45, 2.75) is 26.3 Å². The van der Waals surface area contributed by atoms with Crippen molar-refractivity contribution >= 4 is 39.5 Å². The van der Waals surface area contributed by atoms with Crippen LogP contribution in [0.25, 0.3) is 21.8 Å². The van der Waals surface area contributed by atoms with Gasteiger partial charge in [-0.05, 0) is 42.3 Å². The van der Waals surface area contributed by atoms with Crippen molar-refractivity contribution in [2.24, 2.45) is 5.92 Å². The lowest BCUT2D eigenvalue weighted by molar-refractivity contribution is -0.124. The molecule has 1 unspecified atom stereocenters. The summed E-state index contributed by atoms with van der Waals surface area (Å²) in [5, 5.41) is 4.77. The maximum Gasteiger partial charge on any atom is 0.305 e. The van der Waals surface area contributed by atoms with Crippen molar-refractivity contribution in [2.75, 3.05) is 0 Å². The number of hydrazine groups is 1. The van der Waals surface area contributed by atoms with Gasteiger partial charge in [-0.3, -0.25) is 25.2 Å². The number of aromatic nitrogens is 1. The fourth-order valence-corrected chi connectivity index (χ4v) is 3.58. The van der Waals surface area contributed by atoms with Gasteiger partial charge in [-0.25, -0.2) is 0 Å². The number of hydrogen-bond donors (Lipinski definition) is 4. The van der Waals surface area contributed by atoms with Crippen LogP contribution in [-0.2, 0) is 4.79 Å². The Hall–Kier alpha value is -4.07. The normalized spacial score (nSPS) is 12.9. The zero-order valence-corrected chi connectivity index (χ0v) is 17.8. The molecule has 4 aromatic rings. The first-order chi connectivity index (χ1) is 15.5. The standard InChI is InChI=1S/C24H24N4O4/c1-3-14(2)21(24(31)28-27-23(30)20-9-6-12-32-20)26-22(29)15-10-11-19-17(13-15)16-7-4-5-8-18(16)25-19/h4-14,21,25H,3H2,1-2H3,(H,26,29)(H,27,30)(H,28,31)/t14?,21-/m0/s1. The van der Waals surface area contributed by atoms with Crippen LogP contribution in [0, 0.1) is 5.92 Å². The number of furan rings is 1. The lowest BCUT2D eigenvalue weighted by Crippen LogP contribution is -2.54. The van der Waals surface area contributed by atoms with Gasteiger partial charge < -0.3 is 14.7 Å². The number of aromatic amines is 1. The number of carbonyl (C=O) groups is 3. The van der Waals surface area contributed by atoms with E-state index in [0.29, 0.717) is 12.0 Å². The molecule has 8 heteroatoms. The predicted octanol–water partition coefficient (Wildman–Crippen LogP) is 3.52. The van der Waals surface area contributed by atoms with E-state index in [1.165, 1.54) is 12.3 Å². The van der Waals surface area contributed by atoms with E-state index >= 15 is 0 Å². The van der Waals surface area contributed by atoms with E-state index in [4.69, 9.17) is 4.42 Å². The summed E-state index contributed by atoms with van der Waals surface area (Å²) in [5.41, 5.74) is 7.05. The average molecular weight is 432 g/mol. The molecule has 8 nitrogen and oxygen atoms in total. The van der Waals surface area contributed by atoms with Crippen LogP contribution in [0.2, 0.25) is 0 Å². The fourth-order valence-electron chi connectivity index (χ4n) is 3.58. The van der Waals surface area contributed by atoms with Crippen LogP contribution in [0.1, 0.15) is 41.2 Å². The van der Waals surface area contributed by atoms with E-state index < -0.39 is 17.9 Å². The second-order valence-electron chi connectivity index (χ2n) is 7.69. The highest BCUT2D eigenvalue weighted by molar-refractivity contribution is 6.10. The van der Waals surface area contributed by atoms with Gasteiger partial charge in [0.15, 0.2) is 5.76 Å². The second-order valence-corrected chi connectivity index (χ2v) is 7.69. The first-order valence-corrected chi connectivity index (χ1v) is 10.4. The molecule has 2 heterocycles. The molecule has 164 valence electrons. The van der Waals surface area contributed by atoms with Crippen LogP contribution in [0.15, 0.2) is 65.3 Å². The summed E-state index contributed by atoms with van der Waals surface area (Å²) in [6.07, 6.45) is 2.02. The number of para-hydroxylation sites is 1. The number of H-pyrrole nitrogens is 1. The number of nitrogens with one attached hydrogen (secondary N) is 4. The van der Waals surface area contributed by atoms with Gasteiger partial charge in [0.2, 0.25) is 0 Å². The van der Waals surface area contributed by atoms with Gasteiger partial charge in [0.1, 0.15) is 6.04 Å². The second kappa shape index (κ2) is 8.97. The lowest BCUT2D eigenvalue weighted by atomic mass is 9.98. The highest BCUT2D eigenvalue weighted by atomic mass is 16.3. The van der Waals surface area contributed by atoms with Crippen LogP contribution < -0.4 is 16.2 Å². The van der Waals surface area contributed by atoms with E-state index in [9.17, 15) is 14.4 Å². The first kappa shape index (κ1) is 21.2. The molecular weight excluding hydrogens is 408 g/mol. The number of rotatable bonds is 6. The average Bonchev–Trinajstić information content (AvgIpc) is 3.48. The van der Waals surface area contributed by atoms with E-state index in [1.807, 2.05) is 50.2 Å². The third-order valence-electron chi connectivity index (χ3n) is 5.59. The zero-order chi connectivity index (χ0) is 22.7. The van der Waals surface area contributed by atoms with Crippen LogP contribution in [0.4, 0.5) is 0 Å². The minimum Gasteiger partial charge on any atom is -0.459 e. The molecule has 3 amide bonds. The number of benzene rings is 2. The minimum absolute atomic E-state index is 0.0708. The monoisotopic (exact) mass is 432 g/mol. The van der Waals surface area contributed by atoms with Gasteiger partial charge >= 0.3 is 5.91 Å². The first-order valence-electron chi connectivity index (χ1n) is 10.4. The summed E-state index contributed by atoms with van der Waals surface area (Å²) >= 11 is 0. The van der Waals surface area contributed by atoms with Crippen molar-refractivity contribution in [1.29, 1.82) is 0 Å². The largest absolute Gasteiger partial charge is 0.459 e. The molecule has 2 atom stereocenters. The van der Waals surface area contributed by atoms with Crippen LogP contribution in [0.5, 0.6) is 0 Å². The van der Waals surface area contributed by atoms with E-state index in [0.717, 1.165) is 21.8 Å². The van der Waals surface area contributed by atoms with Crippen molar-refractivity contribution in [3.63, 3.8) is 0 Å². The van der Waals surface area contributed by atoms with Gasteiger partial charge in [0, 0.05) is 27.4 Å². The molecule has 0 aliphatic rings. The van der Waals surface area contributed by atoms with E-state index in [2.05, 4.69) is 21.2 Å². The van der Waals surface area contributed by atoms with E-state index in [1.54, 1.807) is 12.1 Å². The predicted molar refractivity (Wildman–Crippen MR) is 121 cm³/mol. The summed E-state index contributed by atoms with van der Waals surface area (Å²) in [6, 6.07) is 15.5. The molecule has 4 rings (SSSR count). The molecule has 0 aliphatic heterocycles. The smallest absolute Gasteiger partial charge is 0.305 e. The van der Waals surface area contributed by atoms with E-state index in [-0.39, 0.29) is 17.6 Å². The summed E-state index contributed by atoms with van der Waals surface area (Å²) in [7, 11) is 0. The molecule has 0 saturated heterocycles. The molecule has 0 fully saturated rings. The maximum atomic E-state index is 13.0. The van der Waals surface area contributed by atoms with Gasteiger partial charge in [-0.15, -0.1) is 0 Å². The Labute approximate surface area is 184 Å². The Morgan fingerprint density at radius 2 is 1.72 bits per heavy atom. The number of hydrogen-bond acceptors (Lipinski definition) is 4. The summed E-state index contributed by atoms with van der Waals surface area (Å²) in [4.78, 5) is 41.1. The highest BCUT2D eigenvalue weighted by Gasteiger charge is 2.27. The summed E-state index contributed by atoms with van der Waals surface area (Å²) in [6.45, 7) is 3.79. The SMILES string of the molecule is CCC(C)[C@H](NC(=O)c1ccc2[nH]c3ccccc3c2c1)C(=O)NNC(=O)c1ccco1. The Balaban J connectivity index is 1.50. The molecule has 0 bridgehead atoms. The highest BCUT2D eigenvalue weighted by Crippen LogP contribution is 2.26. The molecule has 0 aliphatic carbocycles. The summed E-state index contributed by atoms with van der Waals surface area (Å²) < 4.78 is 5.00. The van der Waals surface area contributed by atoms with Crippen molar-refractivity contribution in [1.82, 2.24) is 21.2 Å². The van der Waals surface area contributed by atoms with Gasteiger partial charge in [0.05, 0.1) is 6.26 Å². The fraction of sp³-hybridized carbons (Fsp3) is 0.208. The van der Waals surface area contributed by atoms with Crippen molar-refractivity contribution in [3.8, 4) is 0 Å². The quantitative estimate of drug-likeness (QED) is 0.349. The lowest BCUT2D eigenvalue weighted by Gasteiger charge is -2.23.